The van der Waals surface area contributed by atoms with Crippen molar-refractivity contribution in [2.45, 2.75) is 12.8 Å². The highest BCUT2D eigenvalue weighted by molar-refractivity contribution is 6.00. The largest absolute Gasteiger partial charge is 0.478 e. The first-order valence-corrected chi connectivity index (χ1v) is 9.68. The molecule has 1 fully saturated rings. The molecule has 5 rings (SSSR count). The van der Waals surface area contributed by atoms with E-state index in [0.29, 0.717) is 17.0 Å². The fraction of sp³-hybridized carbons (Fsp3) is 0.130. The van der Waals surface area contributed by atoms with E-state index in [1.807, 2.05) is 48.5 Å². The summed E-state index contributed by atoms with van der Waals surface area (Å²) in [7, 11) is 0. The Balaban J connectivity index is 1.38. The van der Waals surface area contributed by atoms with E-state index in [-0.39, 0.29) is 17.4 Å². The van der Waals surface area contributed by atoms with Gasteiger partial charge in [-0.1, -0.05) is 36.4 Å². The summed E-state index contributed by atoms with van der Waals surface area (Å²) in [6, 6.07) is 17.0. The molecule has 1 saturated carbocycles. The van der Waals surface area contributed by atoms with Gasteiger partial charge in [-0.05, 0) is 42.2 Å². The molecule has 30 heavy (non-hydrogen) atoms. The van der Waals surface area contributed by atoms with Crippen LogP contribution >= 0.6 is 0 Å². The van der Waals surface area contributed by atoms with Gasteiger partial charge in [0.05, 0.1) is 11.1 Å². The van der Waals surface area contributed by atoms with Crippen molar-refractivity contribution in [2.75, 3.05) is 5.32 Å². The zero-order chi connectivity index (χ0) is 20.7. The van der Waals surface area contributed by atoms with Crippen LogP contribution in [0.15, 0.2) is 60.8 Å². The first-order valence-electron chi connectivity index (χ1n) is 9.68. The van der Waals surface area contributed by atoms with Crippen LogP contribution in [0.4, 0.5) is 5.69 Å². The number of aromatic carboxylic acids is 1. The van der Waals surface area contributed by atoms with E-state index >= 15 is 0 Å². The molecule has 7 heteroatoms. The highest BCUT2D eigenvalue weighted by Crippen LogP contribution is 2.31. The van der Waals surface area contributed by atoms with Crippen molar-refractivity contribution in [3.63, 3.8) is 0 Å². The minimum atomic E-state index is -1.02. The highest BCUT2D eigenvalue weighted by Gasteiger charge is 2.29. The summed E-state index contributed by atoms with van der Waals surface area (Å²) in [6.45, 7) is 0. The number of hydrogen-bond acceptors (Lipinski definition) is 4. The normalized spacial score (nSPS) is 13.3. The number of hydrogen-bond donors (Lipinski definition) is 3. The third-order valence-electron chi connectivity index (χ3n) is 5.21. The van der Waals surface area contributed by atoms with Crippen molar-refractivity contribution in [3.05, 3.63) is 66.4 Å². The molecule has 3 N–H and O–H groups in total. The van der Waals surface area contributed by atoms with E-state index in [1.54, 1.807) is 0 Å². The Kier molecular flexibility index (Phi) is 4.28. The molecule has 0 spiro atoms. The van der Waals surface area contributed by atoms with E-state index in [1.165, 1.54) is 12.3 Å². The third kappa shape index (κ3) is 3.41. The number of aromatic amines is 1. The second-order valence-electron chi connectivity index (χ2n) is 7.37. The average molecular weight is 398 g/mol. The van der Waals surface area contributed by atoms with Gasteiger partial charge >= 0.3 is 5.97 Å². The quantitative estimate of drug-likeness (QED) is 0.463. The van der Waals surface area contributed by atoms with Gasteiger partial charge in [0, 0.05) is 23.4 Å². The lowest BCUT2D eigenvalue weighted by atomic mass is 10.0. The molecule has 0 aliphatic heterocycles. The molecular formula is C23H18N4O3. The summed E-state index contributed by atoms with van der Waals surface area (Å²) < 4.78 is 0. The molecule has 0 atom stereocenters. The maximum Gasteiger partial charge on any atom is 0.338 e. The number of rotatable bonds is 5. The van der Waals surface area contributed by atoms with Crippen LogP contribution in [0.2, 0.25) is 0 Å². The summed E-state index contributed by atoms with van der Waals surface area (Å²) >= 11 is 0. The summed E-state index contributed by atoms with van der Waals surface area (Å²) in [5.74, 6) is -0.184. The number of nitrogens with one attached hydrogen (secondary N) is 2. The summed E-state index contributed by atoms with van der Waals surface area (Å²) in [4.78, 5) is 34.9. The van der Waals surface area contributed by atoms with Crippen molar-refractivity contribution in [2.24, 2.45) is 5.92 Å². The van der Waals surface area contributed by atoms with Crippen LogP contribution in [0.3, 0.4) is 0 Å². The molecule has 2 heterocycles. The number of carbonyl (C=O) groups excluding carboxylic acids is 1. The molecule has 4 aromatic rings. The van der Waals surface area contributed by atoms with Gasteiger partial charge in [-0.15, -0.1) is 0 Å². The van der Waals surface area contributed by atoms with E-state index in [9.17, 15) is 14.7 Å². The van der Waals surface area contributed by atoms with Gasteiger partial charge in [-0.2, -0.15) is 0 Å². The lowest BCUT2D eigenvalue weighted by molar-refractivity contribution is -0.117. The van der Waals surface area contributed by atoms with Crippen molar-refractivity contribution in [3.8, 4) is 22.5 Å². The minimum absolute atomic E-state index is 0.0958. The molecule has 7 nitrogen and oxygen atoms in total. The maximum atomic E-state index is 11.9. The number of fused-ring (bicyclic) bond motifs is 1. The SMILES string of the molecule is O=C(O)c1ccnc2nc(-c3ccc(-c4ccc(NC(=O)C5CC5)cc4)cc3)[nH]c12. The van der Waals surface area contributed by atoms with Gasteiger partial charge in [0.25, 0.3) is 0 Å². The number of anilines is 1. The number of aromatic nitrogens is 3. The van der Waals surface area contributed by atoms with Gasteiger partial charge in [0.2, 0.25) is 5.91 Å². The van der Waals surface area contributed by atoms with Gasteiger partial charge in [0.1, 0.15) is 5.82 Å². The number of carboxylic acids is 1. The predicted molar refractivity (Wildman–Crippen MR) is 113 cm³/mol. The highest BCUT2D eigenvalue weighted by atomic mass is 16.4. The molecule has 148 valence electrons. The van der Waals surface area contributed by atoms with Crippen LogP contribution in [0.1, 0.15) is 23.2 Å². The first-order chi connectivity index (χ1) is 14.6. The fourth-order valence-corrected chi connectivity index (χ4v) is 3.38. The minimum Gasteiger partial charge on any atom is -0.478 e. The van der Waals surface area contributed by atoms with Crippen molar-refractivity contribution in [1.29, 1.82) is 0 Å². The third-order valence-corrected chi connectivity index (χ3v) is 5.21. The molecule has 1 amide bonds. The number of H-pyrrole nitrogens is 1. The average Bonchev–Trinajstić information content (AvgIpc) is 3.52. The fourth-order valence-electron chi connectivity index (χ4n) is 3.38. The Morgan fingerprint density at radius 3 is 2.20 bits per heavy atom. The van der Waals surface area contributed by atoms with E-state index in [0.717, 1.165) is 35.2 Å². The van der Waals surface area contributed by atoms with Crippen molar-refractivity contribution in [1.82, 2.24) is 15.0 Å². The standard InChI is InChI=1S/C23H18N4O3/c28-22(16-5-6-16)25-17-9-7-14(8-10-17)13-1-3-15(4-2-13)20-26-19-18(23(29)30)11-12-24-21(19)27-20/h1-4,7-12,16H,5-6H2,(H,25,28)(H,29,30)(H,24,26,27). The lowest BCUT2D eigenvalue weighted by Gasteiger charge is -2.07. The second-order valence-corrected chi connectivity index (χ2v) is 7.37. The zero-order valence-corrected chi connectivity index (χ0v) is 15.9. The van der Waals surface area contributed by atoms with Crippen LogP contribution < -0.4 is 5.32 Å². The van der Waals surface area contributed by atoms with Crippen LogP contribution in [0, 0.1) is 5.92 Å². The molecule has 1 aliphatic carbocycles. The second kappa shape index (κ2) is 7.11. The summed E-state index contributed by atoms with van der Waals surface area (Å²) in [5, 5.41) is 12.3. The van der Waals surface area contributed by atoms with Gasteiger partial charge < -0.3 is 15.4 Å². The number of pyridine rings is 1. The van der Waals surface area contributed by atoms with E-state index in [4.69, 9.17) is 0 Å². The van der Waals surface area contributed by atoms with Crippen molar-refractivity contribution >= 4 is 28.7 Å². The molecule has 2 aromatic carbocycles. The Morgan fingerprint density at radius 1 is 0.933 bits per heavy atom. The Labute approximate surface area is 171 Å². The zero-order valence-electron chi connectivity index (χ0n) is 15.9. The Morgan fingerprint density at radius 2 is 1.57 bits per heavy atom. The van der Waals surface area contributed by atoms with Gasteiger partial charge in [0.15, 0.2) is 5.65 Å². The van der Waals surface area contributed by atoms with E-state index in [2.05, 4.69) is 20.3 Å². The number of carbonyl (C=O) groups is 2. The summed E-state index contributed by atoms with van der Waals surface area (Å²) in [6.07, 6.45) is 3.40. The Hall–Kier alpha value is -4.00. The van der Waals surface area contributed by atoms with Crippen LogP contribution in [0.25, 0.3) is 33.7 Å². The number of benzene rings is 2. The van der Waals surface area contributed by atoms with Crippen molar-refractivity contribution < 1.29 is 14.7 Å². The number of imidazole rings is 1. The number of nitrogens with zero attached hydrogens (tertiary/aromatic N) is 2. The number of carboxylic acid groups (broad SMARTS) is 1. The molecule has 0 unspecified atom stereocenters. The maximum absolute atomic E-state index is 11.9. The molecule has 2 aromatic heterocycles. The smallest absolute Gasteiger partial charge is 0.338 e. The molecular weight excluding hydrogens is 380 g/mol. The van der Waals surface area contributed by atoms with Crippen LogP contribution in [-0.2, 0) is 4.79 Å². The molecule has 0 radical (unpaired) electrons. The molecule has 0 bridgehead atoms. The number of amides is 1. The van der Waals surface area contributed by atoms with Gasteiger partial charge in [-0.3, -0.25) is 4.79 Å². The monoisotopic (exact) mass is 398 g/mol. The molecule has 0 saturated heterocycles. The van der Waals surface area contributed by atoms with Gasteiger partial charge in [-0.25, -0.2) is 14.8 Å². The lowest BCUT2D eigenvalue weighted by Crippen LogP contribution is -2.12. The van der Waals surface area contributed by atoms with Crippen LogP contribution in [0.5, 0.6) is 0 Å². The topological polar surface area (TPSA) is 108 Å². The summed E-state index contributed by atoms with van der Waals surface area (Å²) in [5.41, 5.74) is 4.62. The predicted octanol–water partition coefficient (Wildman–Crippen LogP) is 4.34. The first kappa shape index (κ1) is 18.1. The van der Waals surface area contributed by atoms with Crippen LogP contribution in [-0.4, -0.2) is 31.9 Å². The Bertz CT molecular complexity index is 1260. The molecule has 1 aliphatic rings. The van der Waals surface area contributed by atoms with E-state index < -0.39 is 5.97 Å².